The minimum absolute atomic E-state index is 0.161. The number of nitrogens with zero attached hydrogens (tertiary/aromatic N) is 1. The van der Waals surface area contributed by atoms with E-state index in [2.05, 4.69) is 43.3 Å². The van der Waals surface area contributed by atoms with Crippen molar-refractivity contribution < 1.29 is 9.53 Å². The van der Waals surface area contributed by atoms with E-state index in [0.29, 0.717) is 24.0 Å². The van der Waals surface area contributed by atoms with Crippen molar-refractivity contribution in [3.8, 4) is 6.07 Å². The molecule has 0 radical (unpaired) electrons. The van der Waals surface area contributed by atoms with Gasteiger partial charge in [0.05, 0.1) is 12.2 Å². The predicted molar refractivity (Wildman–Crippen MR) is 130 cm³/mol. The molecule has 4 rings (SSSR count). The first-order valence-corrected chi connectivity index (χ1v) is 13.4. The average Bonchev–Trinajstić information content (AvgIpc) is 2.85. The number of carbonyl (C=O) groups excluding carboxylic acids is 1. The van der Waals surface area contributed by atoms with Crippen LogP contribution < -0.4 is 0 Å². The summed E-state index contributed by atoms with van der Waals surface area (Å²) < 4.78 is 6.31. The molecule has 2 saturated heterocycles. The molecule has 2 aliphatic heterocycles. The summed E-state index contributed by atoms with van der Waals surface area (Å²) in [6.45, 7) is 2.25. The molecule has 0 amide bonds. The van der Waals surface area contributed by atoms with Crippen molar-refractivity contribution >= 4 is 5.78 Å². The summed E-state index contributed by atoms with van der Waals surface area (Å²) in [5.74, 6) is 1.28. The van der Waals surface area contributed by atoms with Gasteiger partial charge in [0.25, 0.3) is 0 Å². The largest absolute Gasteiger partial charge is 0.366 e. The van der Waals surface area contributed by atoms with Gasteiger partial charge in [0.1, 0.15) is 6.10 Å². The number of rotatable bonds is 15. The Morgan fingerprint density at radius 3 is 2.34 bits per heavy atom. The summed E-state index contributed by atoms with van der Waals surface area (Å²) >= 11 is 0. The minimum Gasteiger partial charge on any atom is -0.366 e. The van der Waals surface area contributed by atoms with Gasteiger partial charge in [-0.3, -0.25) is 4.79 Å². The van der Waals surface area contributed by atoms with Crippen LogP contribution in [0.4, 0.5) is 0 Å². The maximum Gasteiger partial charge on any atom is 0.161 e. The molecule has 1 aliphatic carbocycles. The highest BCUT2D eigenvalue weighted by Gasteiger charge is 2.45. The van der Waals surface area contributed by atoms with Crippen LogP contribution in [-0.2, 0) is 9.53 Å². The Morgan fingerprint density at radius 1 is 1.00 bits per heavy atom. The Bertz CT molecular complexity index is 710. The van der Waals surface area contributed by atoms with E-state index in [9.17, 15) is 10.1 Å². The Morgan fingerprint density at radius 2 is 1.69 bits per heavy atom. The SMILES string of the molecule is CCCCCCCCCC(C#N)CCCCC(=O)C1OC2CCC1CC2c1ccccc1. The second-order valence-electron chi connectivity index (χ2n) is 10.1. The number of ether oxygens (including phenoxy) is 1. The third-order valence-corrected chi connectivity index (χ3v) is 7.69. The average molecular weight is 438 g/mol. The van der Waals surface area contributed by atoms with E-state index in [4.69, 9.17) is 4.74 Å². The van der Waals surface area contributed by atoms with Crippen molar-refractivity contribution in [1.82, 2.24) is 0 Å². The summed E-state index contributed by atoms with van der Waals surface area (Å²) in [6.07, 6.45) is 16.8. The fourth-order valence-electron chi connectivity index (χ4n) is 5.76. The number of hydrogen-bond acceptors (Lipinski definition) is 3. The lowest BCUT2D eigenvalue weighted by Crippen LogP contribution is -2.48. The molecule has 0 spiro atoms. The summed E-state index contributed by atoms with van der Waals surface area (Å²) in [5, 5.41) is 9.46. The first-order valence-electron chi connectivity index (χ1n) is 13.4. The van der Waals surface area contributed by atoms with Crippen LogP contribution >= 0.6 is 0 Å². The molecule has 5 atom stereocenters. The Hall–Kier alpha value is -1.66. The van der Waals surface area contributed by atoms with Crippen molar-refractivity contribution in [2.45, 2.75) is 121 Å². The van der Waals surface area contributed by atoms with Crippen molar-refractivity contribution in [3.05, 3.63) is 35.9 Å². The number of fused-ring (bicyclic) bond motifs is 3. The lowest BCUT2D eigenvalue weighted by Gasteiger charge is -2.47. The van der Waals surface area contributed by atoms with E-state index in [1.807, 2.05) is 0 Å². The smallest absolute Gasteiger partial charge is 0.161 e. The van der Waals surface area contributed by atoms with Crippen LogP contribution in [0, 0.1) is 23.2 Å². The number of nitriles is 1. The molecular weight excluding hydrogens is 394 g/mol. The van der Waals surface area contributed by atoms with Crippen LogP contribution in [0.2, 0.25) is 0 Å². The number of ketones is 1. The molecule has 176 valence electrons. The van der Waals surface area contributed by atoms with Gasteiger partial charge in [-0.05, 0) is 50.0 Å². The fraction of sp³-hybridized carbons (Fsp3) is 0.724. The molecule has 3 nitrogen and oxygen atoms in total. The quantitative estimate of drug-likeness (QED) is 0.264. The maximum atomic E-state index is 12.9. The highest BCUT2D eigenvalue weighted by Crippen LogP contribution is 2.46. The van der Waals surface area contributed by atoms with Crippen LogP contribution in [0.1, 0.15) is 115 Å². The monoisotopic (exact) mass is 437 g/mol. The summed E-state index contributed by atoms with van der Waals surface area (Å²) in [5.41, 5.74) is 1.36. The third-order valence-electron chi connectivity index (χ3n) is 7.69. The van der Waals surface area contributed by atoms with E-state index in [1.165, 1.54) is 50.5 Å². The van der Waals surface area contributed by atoms with Crippen molar-refractivity contribution in [2.75, 3.05) is 0 Å². The van der Waals surface area contributed by atoms with E-state index in [1.54, 1.807) is 0 Å². The van der Waals surface area contributed by atoms with Gasteiger partial charge in [-0.2, -0.15) is 5.26 Å². The fourth-order valence-corrected chi connectivity index (χ4v) is 5.76. The minimum atomic E-state index is -0.187. The van der Waals surface area contributed by atoms with E-state index >= 15 is 0 Å². The van der Waals surface area contributed by atoms with Crippen LogP contribution in [0.15, 0.2) is 30.3 Å². The molecule has 3 heteroatoms. The standard InChI is InChI=1S/C29H43NO2/c1-2-3-4-5-6-7-9-14-23(22-30)15-12-13-18-27(31)29-25-19-20-28(32-29)26(21-25)24-16-10-8-11-17-24/h8,10-11,16-17,23,25-26,28-29H,2-7,9,12-15,18-21H2,1H3. The van der Waals surface area contributed by atoms with E-state index in [0.717, 1.165) is 44.9 Å². The molecule has 0 N–H and O–H groups in total. The zero-order valence-electron chi connectivity index (χ0n) is 20.1. The molecule has 2 heterocycles. The molecule has 3 fully saturated rings. The van der Waals surface area contributed by atoms with Gasteiger partial charge in [-0.15, -0.1) is 0 Å². The Labute approximate surface area is 195 Å². The lowest BCUT2D eigenvalue weighted by molar-refractivity contribution is -0.163. The first kappa shape index (κ1) is 25.0. The summed E-state index contributed by atoms with van der Waals surface area (Å²) in [7, 11) is 0. The van der Waals surface area contributed by atoms with Gasteiger partial charge in [-0.25, -0.2) is 0 Å². The first-order chi connectivity index (χ1) is 15.7. The summed E-state index contributed by atoms with van der Waals surface area (Å²) in [4.78, 5) is 12.9. The molecule has 32 heavy (non-hydrogen) atoms. The number of Topliss-reactive ketones (excluding diaryl/α,β-unsaturated/α-hetero) is 1. The van der Waals surface area contributed by atoms with E-state index in [-0.39, 0.29) is 18.1 Å². The molecule has 1 aromatic carbocycles. The summed E-state index contributed by atoms with van der Waals surface area (Å²) in [6, 6.07) is 13.2. The van der Waals surface area contributed by atoms with Gasteiger partial charge >= 0.3 is 0 Å². The van der Waals surface area contributed by atoms with Gasteiger partial charge in [0.15, 0.2) is 5.78 Å². The molecule has 1 aromatic rings. The maximum absolute atomic E-state index is 12.9. The van der Waals surface area contributed by atoms with Crippen LogP contribution in [0.25, 0.3) is 0 Å². The van der Waals surface area contributed by atoms with Crippen LogP contribution in [0.5, 0.6) is 0 Å². The normalized spacial score (nSPS) is 25.4. The zero-order valence-corrected chi connectivity index (χ0v) is 20.1. The number of hydrogen-bond donors (Lipinski definition) is 0. The van der Waals surface area contributed by atoms with Crippen molar-refractivity contribution in [1.29, 1.82) is 5.26 Å². The predicted octanol–water partition coefficient (Wildman–Crippen LogP) is 7.75. The second-order valence-corrected chi connectivity index (χ2v) is 10.1. The van der Waals surface area contributed by atoms with Gasteiger partial charge < -0.3 is 4.74 Å². The molecular formula is C29H43NO2. The second kappa shape index (κ2) is 13.8. The third kappa shape index (κ3) is 7.45. The van der Waals surface area contributed by atoms with Crippen molar-refractivity contribution in [2.24, 2.45) is 11.8 Å². The number of carbonyl (C=O) groups is 1. The highest BCUT2D eigenvalue weighted by atomic mass is 16.5. The van der Waals surface area contributed by atoms with Gasteiger partial charge in [-0.1, -0.05) is 88.6 Å². The Kier molecular flexibility index (Phi) is 10.8. The molecule has 1 saturated carbocycles. The van der Waals surface area contributed by atoms with Gasteiger partial charge in [0.2, 0.25) is 0 Å². The molecule has 3 aliphatic rings. The van der Waals surface area contributed by atoms with E-state index < -0.39 is 0 Å². The van der Waals surface area contributed by atoms with Gasteiger partial charge in [0, 0.05) is 18.3 Å². The zero-order chi connectivity index (χ0) is 22.6. The van der Waals surface area contributed by atoms with Crippen LogP contribution in [-0.4, -0.2) is 18.0 Å². The molecule has 5 unspecified atom stereocenters. The highest BCUT2D eigenvalue weighted by molar-refractivity contribution is 5.83. The Balaban J connectivity index is 1.30. The molecule has 0 aromatic heterocycles. The lowest BCUT2D eigenvalue weighted by atomic mass is 9.70. The van der Waals surface area contributed by atoms with Crippen molar-refractivity contribution in [3.63, 3.8) is 0 Å². The van der Waals surface area contributed by atoms with Crippen LogP contribution in [0.3, 0.4) is 0 Å². The number of benzene rings is 1. The topological polar surface area (TPSA) is 50.1 Å². The molecule has 2 bridgehead atoms. The number of unbranched alkanes of at least 4 members (excludes halogenated alkanes) is 7.